The molecule has 4 heteroatoms. The molecule has 0 aliphatic rings. The van der Waals surface area contributed by atoms with E-state index >= 15 is 0 Å². The zero-order chi connectivity index (χ0) is 11.2. The van der Waals surface area contributed by atoms with Gasteiger partial charge in [0.25, 0.3) is 0 Å². The van der Waals surface area contributed by atoms with Gasteiger partial charge in [0.2, 0.25) is 5.88 Å². The van der Waals surface area contributed by atoms with E-state index in [1.54, 1.807) is 25.7 Å². The van der Waals surface area contributed by atoms with E-state index in [0.29, 0.717) is 5.88 Å². The van der Waals surface area contributed by atoms with Crippen molar-refractivity contribution in [3.63, 3.8) is 0 Å². The van der Waals surface area contributed by atoms with Crippen molar-refractivity contribution in [1.29, 1.82) is 0 Å². The molecule has 0 spiro atoms. The number of anilines is 1. The van der Waals surface area contributed by atoms with E-state index in [4.69, 9.17) is 4.74 Å². The van der Waals surface area contributed by atoms with Gasteiger partial charge in [0.15, 0.2) is 0 Å². The van der Waals surface area contributed by atoms with E-state index in [1.165, 1.54) is 5.56 Å². The van der Waals surface area contributed by atoms with Gasteiger partial charge in [0.05, 0.1) is 7.11 Å². The molecule has 82 valence electrons. The molecule has 0 saturated carbocycles. The van der Waals surface area contributed by atoms with E-state index in [1.807, 2.05) is 24.3 Å². The van der Waals surface area contributed by atoms with Crippen LogP contribution < -0.4 is 10.1 Å². The van der Waals surface area contributed by atoms with Gasteiger partial charge in [-0.1, -0.05) is 0 Å². The molecule has 2 rings (SSSR count). The van der Waals surface area contributed by atoms with Crippen LogP contribution in [-0.2, 0) is 6.54 Å². The van der Waals surface area contributed by atoms with Crippen LogP contribution in [-0.4, -0.2) is 17.1 Å². The molecule has 0 amide bonds. The summed E-state index contributed by atoms with van der Waals surface area (Å²) >= 11 is 0. The lowest BCUT2D eigenvalue weighted by molar-refractivity contribution is 0.398. The summed E-state index contributed by atoms with van der Waals surface area (Å²) in [6, 6.07) is 7.72. The van der Waals surface area contributed by atoms with E-state index in [9.17, 15) is 0 Å². The molecule has 2 aromatic rings. The van der Waals surface area contributed by atoms with Gasteiger partial charge in [-0.3, -0.25) is 4.98 Å². The fraction of sp³-hybridized carbons (Fsp3) is 0.167. The Morgan fingerprint density at radius 1 is 1.19 bits per heavy atom. The average molecular weight is 215 g/mol. The van der Waals surface area contributed by atoms with Crippen molar-refractivity contribution in [2.75, 3.05) is 12.4 Å². The van der Waals surface area contributed by atoms with Crippen LogP contribution in [0.25, 0.3) is 0 Å². The minimum Gasteiger partial charge on any atom is -0.481 e. The Labute approximate surface area is 94.3 Å². The molecule has 0 fully saturated rings. The van der Waals surface area contributed by atoms with Gasteiger partial charge in [-0.15, -0.1) is 0 Å². The Morgan fingerprint density at radius 2 is 2.00 bits per heavy atom. The molecule has 2 heterocycles. The maximum Gasteiger partial charge on any atom is 0.214 e. The summed E-state index contributed by atoms with van der Waals surface area (Å²) in [7, 11) is 1.61. The first-order chi connectivity index (χ1) is 7.88. The predicted octanol–water partition coefficient (Wildman–Crippen LogP) is 2.10. The number of nitrogens with one attached hydrogen (secondary N) is 1. The van der Waals surface area contributed by atoms with E-state index in [-0.39, 0.29) is 0 Å². The molecule has 1 N–H and O–H groups in total. The monoisotopic (exact) mass is 215 g/mol. The lowest BCUT2D eigenvalue weighted by Crippen LogP contribution is -2.00. The molecule has 0 unspecified atom stereocenters. The van der Waals surface area contributed by atoms with Crippen molar-refractivity contribution in [3.05, 3.63) is 48.4 Å². The SMILES string of the molecule is COc1cc(NCc2ccncc2)ccn1. The molecule has 4 nitrogen and oxygen atoms in total. The first-order valence-corrected chi connectivity index (χ1v) is 5.01. The number of rotatable bonds is 4. The maximum absolute atomic E-state index is 5.05. The molecule has 0 bridgehead atoms. The van der Waals surface area contributed by atoms with Gasteiger partial charge >= 0.3 is 0 Å². The normalized spacial score (nSPS) is 9.81. The number of methoxy groups -OCH3 is 1. The average Bonchev–Trinajstić information content (AvgIpc) is 2.38. The Bertz CT molecular complexity index is 445. The molecule has 0 saturated heterocycles. The summed E-state index contributed by atoms with van der Waals surface area (Å²) in [5.74, 6) is 0.611. The zero-order valence-corrected chi connectivity index (χ0v) is 9.05. The van der Waals surface area contributed by atoms with Crippen LogP contribution in [0.5, 0.6) is 5.88 Å². The second kappa shape index (κ2) is 5.11. The summed E-state index contributed by atoms with van der Waals surface area (Å²) in [6.07, 6.45) is 5.28. The summed E-state index contributed by atoms with van der Waals surface area (Å²) in [5.41, 5.74) is 2.18. The van der Waals surface area contributed by atoms with Gasteiger partial charge in [0, 0.05) is 36.9 Å². The van der Waals surface area contributed by atoms with Crippen LogP contribution in [0.15, 0.2) is 42.9 Å². The van der Waals surface area contributed by atoms with E-state index in [0.717, 1.165) is 12.2 Å². The highest BCUT2D eigenvalue weighted by Crippen LogP contribution is 2.14. The number of nitrogens with zero attached hydrogens (tertiary/aromatic N) is 2. The minimum absolute atomic E-state index is 0.611. The molecule has 0 aliphatic carbocycles. The third-order valence-corrected chi connectivity index (χ3v) is 2.19. The van der Waals surface area contributed by atoms with E-state index in [2.05, 4.69) is 15.3 Å². The van der Waals surface area contributed by atoms with Crippen molar-refractivity contribution in [2.24, 2.45) is 0 Å². The van der Waals surface area contributed by atoms with Crippen LogP contribution in [0.1, 0.15) is 5.56 Å². The second-order valence-electron chi connectivity index (χ2n) is 3.30. The zero-order valence-electron chi connectivity index (χ0n) is 9.05. The van der Waals surface area contributed by atoms with Gasteiger partial charge in [-0.25, -0.2) is 4.98 Å². The van der Waals surface area contributed by atoms with Crippen molar-refractivity contribution in [2.45, 2.75) is 6.54 Å². The molecule has 0 atom stereocenters. The van der Waals surface area contributed by atoms with Crippen LogP contribution in [0.3, 0.4) is 0 Å². The van der Waals surface area contributed by atoms with E-state index < -0.39 is 0 Å². The second-order valence-corrected chi connectivity index (χ2v) is 3.30. The fourth-order valence-corrected chi connectivity index (χ4v) is 1.34. The van der Waals surface area contributed by atoms with Crippen molar-refractivity contribution >= 4 is 5.69 Å². The summed E-state index contributed by atoms with van der Waals surface area (Å²) in [5, 5.41) is 3.29. The first kappa shape index (κ1) is 10.4. The fourth-order valence-electron chi connectivity index (χ4n) is 1.34. The third-order valence-electron chi connectivity index (χ3n) is 2.19. The highest BCUT2D eigenvalue weighted by atomic mass is 16.5. The highest BCUT2D eigenvalue weighted by molar-refractivity contribution is 5.45. The topological polar surface area (TPSA) is 47.0 Å². The van der Waals surface area contributed by atoms with Gasteiger partial charge in [-0.2, -0.15) is 0 Å². The number of pyridine rings is 2. The summed E-state index contributed by atoms with van der Waals surface area (Å²) in [6.45, 7) is 0.760. The maximum atomic E-state index is 5.05. The molecule has 0 aliphatic heterocycles. The predicted molar refractivity (Wildman–Crippen MR) is 62.4 cm³/mol. The molecule has 2 aromatic heterocycles. The molecular formula is C12H13N3O. The standard InChI is InChI=1S/C12H13N3O/c1-16-12-8-11(4-7-14-12)15-9-10-2-5-13-6-3-10/h2-8H,9H2,1H3,(H,14,15). The van der Waals surface area contributed by atoms with Gasteiger partial charge in [0.1, 0.15) is 0 Å². The van der Waals surface area contributed by atoms with Crippen molar-refractivity contribution in [3.8, 4) is 5.88 Å². The van der Waals surface area contributed by atoms with Crippen molar-refractivity contribution in [1.82, 2.24) is 9.97 Å². The Morgan fingerprint density at radius 3 is 2.75 bits per heavy atom. The Balaban J connectivity index is 1.99. The lowest BCUT2D eigenvalue weighted by atomic mass is 10.2. The largest absolute Gasteiger partial charge is 0.481 e. The minimum atomic E-state index is 0.611. The first-order valence-electron chi connectivity index (χ1n) is 5.01. The number of hydrogen-bond acceptors (Lipinski definition) is 4. The van der Waals surface area contributed by atoms with Crippen LogP contribution in [0.4, 0.5) is 5.69 Å². The molecule has 0 radical (unpaired) electrons. The summed E-state index contributed by atoms with van der Waals surface area (Å²) < 4.78 is 5.05. The van der Waals surface area contributed by atoms with Gasteiger partial charge in [-0.05, 0) is 23.8 Å². The van der Waals surface area contributed by atoms with Crippen LogP contribution in [0, 0.1) is 0 Å². The van der Waals surface area contributed by atoms with Crippen molar-refractivity contribution < 1.29 is 4.74 Å². The Kier molecular flexibility index (Phi) is 3.33. The quantitative estimate of drug-likeness (QED) is 0.848. The van der Waals surface area contributed by atoms with Crippen LogP contribution >= 0.6 is 0 Å². The summed E-state index contributed by atoms with van der Waals surface area (Å²) in [4.78, 5) is 8.01. The third kappa shape index (κ3) is 2.70. The molecule has 0 aromatic carbocycles. The number of hydrogen-bond donors (Lipinski definition) is 1. The highest BCUT2D eigenvalue weighted by Gasteiger charge is 1.96. The molecule has 16 heavy (non-hydrogen) atoms. The van der Waals surface area contributed by atoms with Gasteiger partial charge < -0.3 is 10.1 Å². The smallest absolute Gasteiger partial charge is 0.214 e. The van der Waals surface area contributed by atoms with Crippen LogP contribution in [0.2, 0.25) is 0 Å². The number of ether oxygens (including phenoxy) is 1. The number of aromatic nitrogens is 2. The Hall–Kier alpha value is -2.10. The lowest BCUT2D eigenvalue weighted by Gasteiger charge is -2.07. The molecular weight excluding hydrogens is 202 g/mol.